The number of rotatable bonds is 4. The number of halogens is 1. The average molecular weight is 294 g/mol. The van der Waals surface area contributed by atoms with Gasteiger partial charge in [0.25, 0.3) is 5.91 Å². The van der Waals surface area contributed by atoms with Crippen molar-refractivity contribution in [2.24, 2.45) is 11.7 Å². The molecule has 0 radical (unpaired) electrons. The predicted molar refractivity (Wildman–Crippen MR) is 77.1 cm³/mol. The molecule has 1 aromatic carbocycles. The van der Waals surface area contributed by atoms with Crippen LogP contribution in [0.3, 0.4) is 0 Å². The van der Waals surface area contributed by atoms with Gasteiger partial charge in [0.05, 0.1) is 18.8 Å². The van der Waals surface area contributed by atoms with Crippen LogP contribution in [0.5, 0.6) is 0 Å². The highest BCUT2D eigenvalue weighted by Crippen LogP contribution is 2.13. The van der Waals surface area contributed by atoms with E-state index in [9.17, 15) is 14.0 Å². The van der Waals surface area contributed by atoms with Crippen LogP contribution in [0.1, 0.15) is 19.8 Å². The van der Waals surface area contributed by atoms with Crippen LogP contribution < -0.4 is 16.0 Å². The standard InChI is InChI=1S/C15H20FN3O2/c1-10(19-8-6-11(7-9-19)14(17)20)15(21)18-13-5-3-2-4-12(13)16/h2-5,10-11H,6-9H2,1H3,(H2,17,20)(H,18,21)/p+1/t10-/m0/s1. The summed E-state index contributed by atoms with van der Waals surface area (Å²) in [5.41, 5.74) is 5.49. The van der Waals surface area contributed by atoms with Gasteiger partial charge in [-0.15, -0.1) is 0 Å². The van der Waals surface area contributed by atoms with E-state index in [1.807, 2.05) is 6.92 Å². The van der Waals surface area contributed by atoms with E-state index in [1.165, 1.54) is 12.1 Å². The number of primary amides is 1. The Kier molecular flexibility index (Phi) is 4.90. The lowest BCUT2D eigenvalue weighted by Gasteiger charge is -2.31. The molecule has 1 heterocycles. The first-order valence-electron chi connectivity index (χ1n) is 7.18. The van der Waals surface area contributed by atoms with Gasteiger partial charge in [-0.25, -0.2) is 4.39 Å². The molecule has 0 aliphatic carbocycles. The molecule has 4 N–H and O–H groups in total. The number of piperidine rings is 1. The second kappa shape index (κ2) is 6.67. The van der Waals surface area contributed by atoms with Crippen LogP contribution in [-0.2, 0) is 9.59 Å². The van der Waals surface area contributed by atoms with Crippen molar-refractivity contribution in [3.05, 3.63) is 30.1 Å². The third kappa shape index (κ3) is 3.78. The highest BCUT2D eigenvalue weighted by atomic mass is 19.1. The Labute approximate surface area is 123 Å². The summed E-state index contributed by atoms with van der Waals surface area (Å²) in [6.07, 6.45) is 1.39. The third-order valence-corrected chi connectivity index (χ3v) is 4.17. The maximum absolute atomic E-state index is 13.5. The fraction of sp³-hybridized carbons (Fsp3) is 0.467. The van der Waals surface area contributed by atoms with Gasteiger partial charge in [-0.3, -0.25) is 9.59 Å². The Balaban J connectivity index is 1.92. The molecule has 0 saturated carbocycles. The van der Waals surface area contributed by atoms with E-state index in [2.05, 4.69) is 5.32 Å². The number of hydrogen-bond acceptors (Lipinski definition) is 2. The number of anilines is 1. The summed E-state index contributed by atoms with van der Waals surface area (Å²) in [6, 6.07) is 5.81. The largest absolute Gasteiger partial charge is 0.369 e. The van der Waals surface area contributed by atoms with Crippen molar-refractivity contribution in [2.45, 2.75) is 25.8 Å². The van der Waals surface area contributed by atoms with Gasteiger partial charge in [0, 0.05) is 18.8 Å². The van der Waals surface area contributed by atoms with Gasteiger partial charge in [0.2, 0.25) is 5.91 Å². The van der Waals surface area contributed by atoms with Crippen LogP contribution >= 0.6 is 0 Å². The summed E-state index contributed by atoms with van der Waals surface area (Å²) in [7, 11) is 0. The lowest BCUT2D eigenvalue weighted by atomic mass is 9.95. The summed E-state index contributed by atoms with van der Waals surface area (Å²) >= 11 is 0. The SMILES string of the molecule is C[C@@H](C(=O)Nc1ccccc1F)[NH+]1CCC(C(N)=O)CC1. The van der Waals surface area contributed by atoms with E-state index in [4.69, 9.17) is 5.73 Å². The van der Waals surface area contributed by atoms with Crippen molar-refractivity contribution in [1.29, 1.82) is 0 Å². The predicted octanol–water partition coefficient (Wildman–Crippen LogP) is -0.0671. The second-order valence-corrected chi connectivity index (χ2v) is 5.53. The number of quaternary nitrogens is 1. The highest BCUT2D eigenvalue weighted by Gasteiger charge is 2.32. The first-order valence-corrected chi connectivity index (χ1v) is 7.18. The zero-order valence-electron chi connectivity index (χ0n) is 12.1. The number of para-hydroxylation sites is 1. The molecule has 5 nitrogen and oxygen atoms in total. The van der Waals surface area contributed by atoms with Gasteiger partial charge in [-0.05, 0) is 19.1 Å². The summed E-state index contributed by atoms with van der Waals surface area (Å²) in [6.45, 7) is 3.26. The first kappa shape index (κ1) is 15.4. The number of nitrogens with one attached hydrogen (secondary N) is 2. The van der Waals surface area contributed by atoms with Gasteiger partial charge in [-0.2, -0.15) is 0 Å². The second-order valence-electron chi connectivity index (χ2n) is 5.53. The van der Waals surface area contributed by atoms with Gasteiger partial charge in [0.15, 0.2) is 6.04 Å². The molecule has 1 saturated heterocycles. The third-order valence-electron chi connectivity index (χ3n) is 4.17. The minimum atomic E-state index is -0.444. The monoisotopic (exact) mass is 294 g/mol. The van der Waals surface area contributed by atoms with Crippen LogP contribution in [0.4, 0.5) is 10.1 Å². The van der Waals surface area contributed by atoms with Crippen LogP contribution in [0.25, 0.3) is 0 Å². The van der Waals surface area contributed by atoms with Crippen LogP contribution in [0.15, 0.2) is 24.3 Å². The van der Waals surface area contributed by atoms with Crippen molar-refractivity contribution in [3.8, 4) is 0 Å². The van der Waals surface area contributed by atoms with Crippen LogP contribution in [-0.4, -0.2) is 30.9 Å². The summed E-state index contributed by atoms with van der Waals surface area (Å²) in [5.74, 6) is -1.01. The van der Waals surface area contributed by atoms with E-state index in [-0.39, 0.29) is 29.5 Å². The van der Waals surface area contributed by atoms with Crippen LogP contribution in [0, 0.1) is 11.7 Å². The Morgan fingerprint density at radius 3 is 2.52 bits per heavy atom. The summed E-state index contributed by atoms with van der Waals surface area (Å²) < 4.78 is 13.5. The van der Waals surface area contributed by atoms with E-state index in [0.29, 0.717) is 12.8 Å². The Morgan fingerprint density at radius 1 is 1.33 bits per heavy atom. The van der Waals surface area contributed by atoms with E-state index < -0.39 is 5.82 Å². The molecule has 1 aromatic rings. The fourth-order valence-electron chi connectivity index (χ4n) is 2.70. The molecule has 1 atom stereocenters. The van der Waals surface area contributed by atoms with Crippen molar-refractivity contribution in [1.82, 2.24) is 0 Å². The highest BCUT2D eigenvalue weighted by molar-refractivity contribution is 5.93. The van der Waals surface area contributed by atoms with E-state index >= 15 is 0 Å². The molecule has 0 aromatic heterocycles. The normalized spacial score (nSPS) is 23.3. The number of amides is 2. The Morgan fingerprint density at radius 2 is 1.95 bits per heavy atom. The molecule has 114 valence electrons. The topological polar surface area (TPSA) is 76.6 Å². The molecule has 0 spiro atoms. The Hall–Kier alpha value is -1.95. The van der Waals surface area contributed by atoms with E-state index in [0.717, 1.165) is 18.0 Å². The molecule has 1 fully saturated rings. The summed E-state index contributed by atoms with van der Waals surface area (Å²) in [4.78, 5) is 24.4. The molecule has 0 unspecified atom stereocenters. The zero-order valence-corrected chi connectivity index (χ0v) is 12.1. The first-order chi connectivity index (χ1) is 9.99. The maximum Gasteiger partial charge on any atom is 0.282 e. The smallest absolute Gasteiger partial charge is 0.282 e. The van der Waals surface area contributed by atoms with Crippen molar-refractivity contribution < 1.29 is 18.9 Å². The minimum absolute atomic E-state index is 0.0874. The minimum Gasteiger partial charge on any atom is -0.369 e. The fourth-order valence-corrected chi connectivity index (χ4v) is 2.70. The molecule has 2 rings (SSSR count). The molecular weight excluding hydrogens is 273 g/mol. The number of likely N-dealkylation sites (tertiary alicyclic amines) is 1. The maximum atomic E-state index is 13.5. The van der Waals surface area contributed by atoms with Gasteiger partial charge in [0.1, 0.15) is 5.82 Å². The lowest BCUT2D eigenvalue weighted by Crippen LogP contribution is -3.17. The number of benzene rings is 1. The van der Waals surface area contributed by atoms with Crippen LogP contribution in [0.2, 0.25) is 0 Å². The molecule has 1 aliphatic rings. The van der Waals surface area contributed by atoms with Gasteiger partial charge >= 0.3 is 0 Å². The molecule has 21 heavy (non-hydrogen) atoms. The number of carbonyl (C=O) groups is 2. The van der Waals surface area contributed by atoms with E-state index in [1.54, 1.807) is 12.1 Å². The van der Waals surface area contributed by atoms with Crippen molar-refractivity contribution in [2.75, 3.05) is 18.4 Å². The average Bonchev–Trinajstić information content (AvgIpc) is 2.49. The zero-order chi connectivity index (χ0) is 15.4. The lowest BCUT2D eigenvalue weighted by molar-refractivity contribution is -0.919. The quantitative estimate of drug-likeness (QED) is 0.727. The molecule has 2 amide bonds. The van der Waals surface area contributed by atoms with Crippen molar-refractivity contribution in [3.63, 3.8) is 0 Å². The summed E-state index contributed by atoms with van der Waals surface area (Å²) in [5, 5.41) is 2.61. The molecular formula is C15H21FN3O2+. The number of nitrogens with two attached hydrogens (primary N) is 1. The molecule has 1 aliphatic heterocycles. The van der Waals surface area contributed by atoms with Gasteiger partial charge < -0.3 is 16.0 Å². The van der Waals surface area contributed by atoms with Crippen molar-refractivity contribution >= 4 is 17.5 Å². The molecule has 6 heteroatoms. The number of hydrogen-bond donors (Lipinski definition) is 3. The molecule has 0 bridgehead atoms. The Bertz CT molecular complexity index is 527. The van der Waals surface area contributed by atoms with Gasteiger partial charge in [-0.1, -0.05) is 12.1 Å². The number of carbonyl (C=O) groups excluding carboxylic acids is 2.